The van der Waals surface area contributed by atoms with E-state index in [9.17, 15) is 4.79 Å². The minimum Gasteiger partial charge on any atom is -0.445 e. The van der Waals surface area contributed by atoms with Gasteiger partial charge in [0.2, 0.25) is 11.8 Å². The second-order valence-corrected chi connectivity index (χ2v) is 4.66. The normalized spacial score (nSPS) is 10.3. The quantitative estimate of drug-likeness (QED) is 0.779. The summed E-state index contributed by atoms with van der Waals surface area (Å²) in [5.41, 5.74) is 1.64. The Labute approximate surface area is 132 Å². The molecule has 2 heterocycles. The summed E-state index contributed by atoms with van der Waals surface area (Å²) in [7, 11) is 0. The molecule has 0 radical (unpaired) electrons. The number of hydrogen-bond acceptors (Lipinski definition) is 6. The van der Waals surface area contributed by atoms with Gasteiger partial charge in [-0.3, -0.25) is 4.98 Å². The largest absolute Gasteiger partial charge is 0.445 e. The molecular weight excluding hydrogens is 296 g/mol. The van der Waals surface area contributed by atoms with E-state index in [1.54, 1.807) is 18.5 Å². The number of nitrogens with zero attached hydrogens (tertiary/aromatic N) is 3. The molecule has 0 aliphatic rings. The van der Waals surface area contributed by atoms with Crippen LogP contribution in [-0.2, 0) is 17.9 Å². The Balaban J connectivity index is 1.49. The number of hydrogen-bond donors (Lipinski definition) is 1. The number of ether oxygens (including phenoxy) is 1. The third kappa shape index (κ3) is 4.13. The van der Waals surface area contributed by atoms with E-state index in [4.69, 9.17) is 9.15 Å². The number of alkyl carbamates (subject to hydrolysis) is 1. The summed E-state index contributed by atoms with van der Waals surface area (Å²) in [5.74, 6) is 0.646. The van der Waals surface area contributed by atoms with Crippen molar-refractivity contribution < 1.29 is 13.9 Å². The summed E-state index contributed by atoms with van der Waals surface area (Å²) in [6, 6.07) is 13.0. The monoisotopic (exact) mass is 310 g/mol. The van der Waals surface area contributed by atoms with Crippen molar-refractivity contribution in [2.45, 2.75) is 13.2 Å². The van der Waals surface area contributed by atoms with E-state index in [2.05, 4.69) is 20.5 Å². The lowest BCUT2D eigenvalue weighted by Gasteiger charge is -2.05. The molecule has 116 valence electrons. The van der Waals surface area contributed by atoms with E-state index in [0.29, 0.717) is 11.8 Å². The Morgan fingerprint density at radius 3 is 2.78 bits per heavy atom. The van der Waals surface area contributed by atoms with Crippen molar-refractivity contribution in [3.8, 4) is 11.5 Å². The molecule has 3 rings (SSSR count). The van der Waals surface area contributed by atoms with Crippen molar-refractivity contribution in [1.82, 2.24) is 20.5 Å². The molecule has 0 fully saturated rings. The zero-order valence-corrected chi connectivity index (χ0v) is 12.2. The molecule has 7 heteroatoms. The van der Waals surface area contributed by atoms with Gasteiger partial charge in [0, 0.05) is 12.4 Å². The Morgan fingerprint density at radius 2 is 2.00 bits per heavy atom. The van der Waals surface area contributed by atoms with Crippen LogP contribution in [0.15, 0.2) is 59.3 Å². The van der Waals surface area contributed by atoms with Gasteiger partial charge >= 0.3 is 6.09 Å². The highest BCUT2D eigenvalue weighted by Crippen LogP contribution is 2.15. The van der Waals surface area contributed by atoms with Crippen LogP contribution in [0.1, 0.15) is 11.5 Å². The first-order valence-electron chi connectivity index (χ1n) is 6.98. The lowest BCUT2D eigenvalue weighted by Crippen LogP contribution is -2.23. The van der Waals surface area contributed by atoms with Crippen molar-refractivity contribution >= 4 is 6.09 Å². The topological polar surface area (TPSA) is 90.1 Å². The van der Waals surface area contributed by atoms with Gasteiger partial charge in [0.1, 0.15) is 6.61 Å². The Bertz CT molecular complexity index is 759. The van der Waals surface area contributed by atoms with Crippen molar-refractivity contribution in [3.63, 3.8) is 0 Å². The maximum absolute atomic E-state index is 11.6. The summed E-state index contributed by atoms with van der Waals surface area (Å²) >= 11 is 0. The molecule has 0 saturated carbocycles. The number of rotatable bonds is 5. The van der Waals surface area contributed by atoms with Crippen LogP contribution in [0.3, 0.4) is 0 Å². The molecule has 0 aliphatic carbocycles. The van der Waals surface area contributed by atoms with Crippen LogP contribution < -0.4 is 5.32 Å². The van der Waals surface area contributed by atoms with Crippen LogP contribution >= 0.6 is 0 Å². The second kappa shape index (κ2) is 7.17. The number of carbonyl (C=O) groups is 1. The van der Waals surface area contributed by atoms with Crippen LogP contribution in [0.2, 0.25) is 0 Å². The molecule has 0 bridgehead atoms. The second-order valence-electron chi connectivity index (χ2n) is 4.66. The third-order valence-corrected chi connectivity index (χ3v) is 2.97. The summed E-state index contributed by atoms with van der Waals surface area (Å²) in [4.78, 5) is 15.6. The highest BCUT2D eigenvalue weighted by molar-refractivity contribution is 5.67. The van der Waals surface area contributed by atoms with E-state index in [1.165, 1.54) is 0 Å². The maximum Gasteiger partial charge on any atom is 0.407 e. The van der Waals surface area contributed by atoms with Crippen LogP contribution in [-0.4, -0.2) is 21.3 Å². The standard InChI is InChI=1S/C16H14N4O3/c21-16(22-11-12-5-2-1-3-6-12)18-10-14-19-20-15(23-14)13-7-4-8-17-9-13/h1-9H,10-11H2,(H,18,21). The third-order valence-electron chi connectivity index (χ3n) is 2.97. The molecule has 0 saturated heterocycles. The van der Waals surface area contributed by atoms with Crippen LogP contribution in [0.25, 0.3) is 11.5 Å². The summed E-state index contributed by atoms with van der Waals surface area (Å²) in [5, 5.41) is 10.3. The first kappa shape index (κ1) is 14.7. The molecule has 1 amide bonds. The lowest BCUT2D eigenvalue weighted by molar-refractivity contribution is 0.138. The van der Waals surface area contributed by atoms with Gasteiger partial charge in [-0.1, -0.05) is 30.3 Å². The van der Waals surface area contributed by atoms with Crippen LogP contribution in [0.4, 0.5) is 4.79 Å². The fourth-order valence-electron chi connectivity index (χ4n) is 1.85. The molecule has 0 aliphatic heterocycles. The average Bonchev–Trinajstić information content (AvgIpc) is 3.09. The van der Waals surface area contributed by atoms with Crippen molar-refractivity contribution in [2.24, 2.45) is 0 Å². The molecular formula is C16H14N4O3. The van der Waals surface area contributed by atoms with Crippen molar-refractivity contribution in [1.29, 1.82) is 0 Å². The van der Waals surface area contributed by atoms with E-state index in [0.717, 1.165) is 11.1 Å². The van der Waals surface area contributed by atoms with Crippen LogP contribution in [0.5, 0.6) is 0 Å². The number of pyridine rings is 1. The maximum atomic E-state index is 11.6. The number of carbonyl (C=O) groups excluding carboxylic acids is 1. The number of amides is 1. The summed E-state index contributed by atoms with van der Waals surface area (Å²) in [6.07, 6.45) is 2.74. The number of nitrogens with one attached hydrogen (secondary N) is 1. The predicted octanol–water partition coefficient (Wildman–Crippen LogP) is 2.56. The van der Waals surface area contributed by atoms with E-state index in [1.807, 2.05) is 36.4 Å². The molecule has 1 N–H and O–H groups in total. The Kier molecular flexibility index (Phi) is 4.58. The highest BCUT2D eigenvalue weighted by Gasteiger charge is 2.10. The van der Waals surface area contributed by atoms with Crippen LogP contribution in [0, 0.1) is 0 Å². The highest BCUT2D eigenvalue weighted by atomic mass is 16.5. The molecule has 7 nitrogen and oxygen atoms in total. The van der Waals surface area contributed by atoms with E-state index < -0.39 is 6.09 Å². The fourth-order valence-corrected chi connectivity index (χ4v) is 1.85. The Hall–Kier alpha value is -3.22. The SMILES string of the molecule is O=C(NCc1nnc(-c2cccnc2)o1)OCc1ccccc1. The first-order valence-corrected chi connectivity index (χ1v) is 6.98. The van der Waals surface area contributed by atoms with Gasteiger partial charge in [0.15, 0.2) is 0 Å². The molecule has 23 heavy (non-hydrogen) atoms. The first-order chi connectivity index (χ1) is 11.3. The van der Waals surface area contributed by atoms with E-state index in [-0.39, 0.29) is 13.2 Å². The predicted molar refractivity (Wildman–Crippen MR) is 81.0 cm³/mol. The van der Waals surface area contributed by atoms with E-state index >= 15 is 0 Å². The van der Waals surface area contributed by atoms with Gasteiger partial charge < -0.3 is 14.5 Å². The minimum atomic E-state index is -0.546. The molecule has 0 unspecified atom stereocenters. The molecule has 0 spiro atoms. The number of benzene rings is 1. The van der Waals surface area contributed by atoms with Gasteiger partial charge in [-0.05, 0) is 17.7 Å². The van der Waals surface area contributed by atoms with Gasteiger partial charge in [0.25, 0.3) is 0 Å². The zero-order valence-electron chi connectivity index (χ0n) is 12.2. The minimum absolute atomic E-state index is 0.0981. The van der Waals surface area contributed by atoms with Crippen molar-refractivity contribution in [3.05, 3.63) is 66.3 Å². The summed E-state index contributed by atoms with van der Waals surface area (Å²) in [6.45, 7) is 0.304. The zero-order chi connectivity index (χ0) is 15.9. The summed E-state index contributed by atoms with van der Waals surface area (Å²) < 4.78 is 10.5. The average molecular weight is 310 g/mol. The smallest absolute Gasteiger partial charge is 0.407 e. The van der Waals surface area contributed by atoms with Crippen molar-refractivity contribution in [2.75, 3.05) is 0 Å². The molecule has 1 aromatic carbocycles. The Morgan fingerprint density at radius 1 is 1.13 bits per heavy atom. The molecule has 0 atom stereocenters. The van der Waals surface area contributed by atoms with Gasteiger partial charge in [0.05, 0.1) is 12.1 Å². The van der Waals surface area contributed by atoms with Gasteiger partial charge in [-0.25, -0.2) is 4.79 Å². The molecule has 3 aromatic rings. The van der Waals surface area contributed by atoms with Gasteiger partial charge in [-0.15, -0.1) is 10.2 Å². The van der Waals surface area contributed by atoms with Gasteiger partial charge in [-0.2, -0.15) is 0 Å². The number of aromatic nitrogens is 3. The molecule has 2 aromatic heterocycles. The fraction of sp³-hybridized carbons (Fsp3) is 0.125. The lowest BCUT2D eigenvalue weighted by atomic mass is 10.2.